The molecule has 0 saturated carbocycles. The minimum atomic E-state index is 0.114. The molecule has 0 aliphatic carbocycles. The van der Waals surface area contributed by atoms with E-state index < -0.39 is 0 Å². The van der Waals surface area contributed by atoms with E-state index in [0.717, 1.165) is 58.3 Å². The summed E-state index contributed by atoms with van der Waals surface area (Å²) in [5.74, 6) is 0.815. The zero-order valence-corrected chi connectivity index (χ0v) is 18.8. The minimum absolute atomic E-state index is 0.114. The summed E-state index contributed by atoms with van der Waals surface area (Å²) in [7, 11) is 1.80. The van der Waals surface area contributed by atoms with Crippen LogP contribution in [0.15, 0.2) is 59.6 Å². The highest BCUT2D eigenvalue weighted by atomic mass is 16.5. The lowest BCUT2D eigenvalue weighted by atomic mass is 10.1. The molecule has 0 spiro atoms. The van der Waals surface area contributed by atoms with Crippen molar-refractivity contribution >= 4 is 5.96 Å². The first-order valence-corrected chi connectivity index (χ1v) is 11.2. The number of morpholine rings is 1. The van der Waals surface area contributed by atoms with Crippen LogP contribution in [-0.2, 0) is 22.6 Å². The molecule has 6 nitrogen and oxygen atoms in total. The molecule has 2 aromatic carbocycles. The van der Waals surface area contributed by atoms with Crippen molar-refractivity contribution in [3.63, 3.8) is 0 Å². The normalized spacial score (nSPS) is 16.1. The Bertz CT molecular complexity index is 791. The molecule has 0 amide bonds. The third-order valence-corrected chi connectivity index (χ3v) is 5.44. The standard InChI is InChI=1S/C25H36N4O2/c1-21(24-10-4-3-5-11-24)31-15-7-12-27-25(26-2)28-19-22-8-6-9-23(18-22)20-29-13-16-30-17-14-29/h3-6,8-11,18,21H,7,12-17,19-20H2,1-2H3,(H2,26,27,28). The summed E-state index contributed by atoms with van der Waals surface area (Å²) in [5.41, 5.74) is 3.81. The van der Waals surface area contributed by atoms with Crippen molar-refractivity contribution in [3.05, 3.63) is 71.3 Å². The number of nitrogens with zero attached hydrogens (tertiary/aromatic N) is 2. The van der Waals surface area contributed by atoms with Gasteiger partial charge in [-0.25, -0.2) is 0 Å². The van der Waals surface area contributed by atoms with Crippen molar-refractivity contribution in [2.24, 2.45) is 4.99 Å². The Morgan fingerprint density at radius 1 is 1.06 bits per heavy atom. The van der Waals surface area contributed by atoms with Crippen LogP contribution in [0.5, 0.6) is 0 Å². The predicted molar refractivity (Wildman–Crippen MR) is 126 cm³/mol. The lowest BCUT2D eigenvalue weighted by Gasteiger charge is -2.26. The van der Waals surface area contributed by atoms with Crippen molar-refractivity contribution in [2.45, 2.75) is 32.5 Å². The van der Waals surface area contributed by atoms with Crippen LogP contribution < -0.4 is 10.6 Å². The fourth-order valence-corrected chi connectivity index (χ4v) is 3.62. The van der Waals surface area contributed by atoms with Crippen LogP contribution in [0.2, 0.25) is 0 Å². The van der Waals surface area contributed by atoms with Gasteiger partial charge in [0.1, 0.15) is 0 Å². The van der Waals surface area contributed by atoms with Gasteiger partial charge in [-0.05, 0) is 30.0 Å². The predicted octanol–water partition coefficient (Wildman–Crippen LogP) is 3.35. The van der Waals surface area contributed by atoms with Gasteiger partial charge in [-0.2, -0.15) is 0 Å². The molecule has 1 fully saturated rings. The third-order valence-electron chi connectivity index (χ3n) is 5.44. The van der Waals surface area contributed by atoms with Crippen molar-refractivity contribution in [1.82, 2.24) is 15.5 Å². The van der Waals surface area contributed by atoms with Crippen molar-refractivity contribution in [3.8, 4) is 0 Å². The number of benzene rings is 2. The van der Waals surface area contributed by atoms with Gasteiger partial charge in [0, 0.05) is 46.4 Å². The number of guanidine groups is 1. The van der Waals surface area contributed by atoms with E-state index in [-0.39, 0.29) is 6.10 Å². The Morgan fingerprint density at radius 3 is 2.61 bits per heavy atom. The largest absolute Gasteiger partial charge is 0.379 e. The zero-order chi connectivity index (χ0) is 21.7. The Kier molecular flexibility index (Phi) is 9.83. The summed E-state index contributed by atoms with van der Waals surface area (Å²) < 4.78 is 11.4. The summed E-state index contributed by atoms with van der Waals surface area (Å²) in [6, 6.07) is 19.1. The molecule has 2 N–H and O–H groups in total. The van der Waals surface area contributed by atoms with Gasteiger partial charge in [0.15, 0.2) is 5.96 Å². The lowest BCUT2D eigenvalue weighted by molar-refractivity contribution is 0.0342. The van der Waals surface area contributed by atoms with Crippen LogP contribution in [0.25, 0.3) is 0 Å². The van der Waals surface area contributed by atoms with Crippen LogP contribution >= 0.6 is 0 Å². The molecule has 0 radical (unpaired) electrons. The van der Waals surface area contributed by atoms with Gasteiger partial charge in [-0.1, -0.05) is 54.6 Å². The van der Waals surface area contributed by atoms with E-state index in [4.69, 9.17) is 9.47 Å². The molecule has 1 aliphatic rings. The highest BCUT2D eigenvalue weighted by molar-refractivity contribution is 5.79. The SMILES string of the molecule is CN=C(NCCCOC(C)c1ccccc1)NCc1cccc(CN2CCOCC2)c1. The molecule has 1 atom stereocenters. The smallest absolute Gasteiger partial charge is 0.191 e. The van der Waals surface area contributed by atoms with Crippen LogP contribution in [0.4, 0.5) is 0 Å². The number of ether oxygens (including phenoxy) is 2. The fraction of sp³-hybridized carbons (Fsp3) is 0.480. The fourth-order valence-electron chi connectivity index (χ4n) is 3.62. The van der Waals surface area contributed by atoms with E-state index in [0.29, 0.717) is 6.61 Å². The summed E-state index contributed by atoms with van der Waals surface area (Å²) in [6.07, 6.45) is 1.04. The van der Waals surface area contributed by atoms with Crippen LogP contribution in [0.1, 0.15) is 36.1 Å². The third kappa shape index (κ3) is 8.32. The van der Waals surface area contributed by atoms with E-state index in [2.05, 4.69) is 63.8 Å². The number of rotatable bonds is 10. The first kappa shape index (κ1) is 23.3. The van der Waals surface area contributed by atoms with Crippen molar-refractivity contribution in [2.75, 3.05) is 46.5 Å². The maximum atomic E-state index is 5.94. The molecule has 0 aromatic heterocycles. The van der Waals surface area contributed by atoms with Crippen LogP contribution in [0.3, 0.4) is 0 Å². The number of hydrogen-bond donors (Lipinski definition) is 2. The molecule has 3 rings (SSSR count). The van der Waals surface area contributed by atoms with Gasteiger partial charge in [0.25, 0.3) is 0 Å². The van der Waals surface area contributed by atoms with Crippen LogP contribution in [-0.4, -0.2) is 57.4 Å². The van der Waals surface area contributed by atoms with Crippen molar-refractivity contribution < 1.29 is 9.47 Å². The van der Waals surface area contributed by atoms with E-state index in [1.54, 1.807) is 7.05 Å². The molecule has 0 bridgehead atoms. The molecule has 6 heteroatoms. The number of hydrogen-bond acceptors (Lipinski definition) is 4. The second-order valence-electron chi connectivity index (χ2n) is 7.84. The Morgan fingerprint density at radius 2 is 1.84 bits per heavy atom. The maximum absolute atomic E-state index is 5.94. The molecule has 2 aromatic rings. The van der Waals surface area contributed by atoms with Crippen molar-refractivity contribution in [1.29, 1.82) is 0 Å². The van der Waals surface area contributed by atoms with E-state index in [1.165, 1.54) is 16.7 Å². The first-order valence-electron chi connectivity index (χ1n) is 11.2. The van der Waals surface area contributed by atoms with Gasteiger partial charge in [0.05, 0.1) is 19.3 Å². The minimum Gasteiger partial charge on any atom is -0.379 e. The first-order chi connectivity index (χ1) is 15.2. The molecular formula is C25H36N4O2. The average molecular weight is 425 g/mol. The Hall–Kier alpha value is -2.41. The van der Waals surface area contributed by atoms with Gasteiger partial charge >= 0.3 is 0 Å². The molecule has 1 unspecified atom stereocenters. The van der Waals surface area contributed by atoms with E-state index in [1.807, 2.05) is 18.2 Å². The van der Waals surface area contributed by atoms with E-state index >= 15 is 0 Å². The molecule has 168 valence electrons. The molecule has 1 aliphatic heterocycles. The number of aliphatic imine (C=N–C) groups is 1. The maximum Gasteiger partial charge on any atom is 0.191 e. The summed E-state index contributed by atoms with van der Waals surface area (Å²) in [4.78, 5) is 6.77. The molecule has 1 saturated heterocycles. The summed E-state index contributed by atoms with van der Waals surface area (Å²) >= 11 is 0. The average Bonchev–Trinajstić information content (AvgIpc) is 2.82. The lowest BCUT2D eigenvalue weighted by Crippen LogP contribution is -2.37. The number of nitrogens with one attached hydrogen (secondary N) is 2. The Balaban J connectivity index is 1.34. The van der Waals surface area contributed by atoms with Gasteiger partial charge < -0.3 is 20.1 Å². The molecular weight excluding hydrogens is 388 g/mol. The van der Waals surface area contributed by atoms with E-state index in [9.17, 15) is 0 Å². The van der Waals surface area contributed by atoms with Gasteiger partial charge in [0.2, 0.25) is 0 Å². The highest BCUT2D eigenvalue weighted by Crippen LogP contribution is 2.15. The quantitative estimate of drug-likeness (QED) is 0.348. The van der Waals surface area contributed by atoms with Gasteiger partial charge in [-0.15, -0.1) is 0 Å². The monoisotopic (exact) mass is 424 g/mol. The zero-order valence-electron chi connectivity index (χ0n) is 18.8. The summed E-state index contributed by atoms with van der Waals surface area (Å²) in [5, 5.41) is 6.78. The summed E-state index contributed by atoms with van der Waals surface area (Å²) in [6.45, 7) is 9.03. The molecule has 1 heterocycles. The second kappa shape index (κ2) is 13.1. The topological polar surface area (TPSA) is 58.1 Å². The second-order valence-corrected chi connectivity index (χ2v) is 7.84. The Labute approximate surface area is 186 Å². The van der Waals surface area contributed by atoms with Gasteiger partial charge in [-0.3, -0.25) is 9.89 Å². The highest BCUT2D eigenvalue weighted by Gasteiger charge is 2.11. The molecule has 31 heavy (non-hydrogen) atoms. The van der Waals surface area contributed by atoms with Crippen LogP contribution in [0, 0.1) is 0 Å².